The number of carbonyl (C=O) groups excluding carboxylic acids is 1. The summed E-state index contributed by atoms with van der Waals surface area (Å²) in [5.74, 6) is 0.519. The lowest BCUT2D eigenvalue weighted by atomic mass is 10.1. The lowest BCUT2D eigenvalue weighted by molar-refractivity contribution is -0.119. The first-order valence-corrected chi connectivity index (χ1v) is 9.67. The highest BCUT2D eigenvalue weighted by molar-refractivity contribution is 14.0. The summed E-state index contributed by atoms with van der Waals surface area (Å²) in [6.45, 7) is 6.11. The number of nitrogens with one attached hydrogen (secondary N) is 3. The SMILES string of the molecule is CCCCOCCOCCNC(=NC)NCC(=O)NCCc1ccccc1.I. The summed E-state index contributed by atoms with van der Waals surface area (Å²) >= 11 is 0. The number of hydrogen-bond acceptors (Lipinski definition) is 4. The maximum absolute atomic E-state index is 11.9. The monoisotopic (exact) mass is 506 g/mol. The van der Waals surface area contributed by atoms with Crippen molar-refractivity contribution in [2.24, 2.45) is 4.99 Å². The lowest BCUT2D eigenvalue weighted by Gasteiger charge is -2.12. The molecule has 0 spiro atoms. The van der Waals surface area contributed by atoms with E-state index in [0.29, 0.717) is 38.9 Å². The standard InChI is InChI=1S/C20H34N4O3.HI/c1-3-4-13-26-15-16-27-14-12-23-20(21-2)24-17-19(25)22-11-10-18-8-6-5-7-9-18;/h5-9H,3-4,10-17H2,1-2H3,(H,22,25)(H2,21,23,24);1H. The molecule has 160 valence electrons. The maximum Gasteiger partial charge on any atom is 0.239 e. The first kappa shape index (κ1) is 26.6. The van der Waals surface area contributed by atoms with Gasteiger partial charge < -0.3 is 25.4 Å². The Balaban J connectivity index is 0.00000729. The molecule has 1 rings (SSSR count). The maximum atomic E-state index is 11.9. The molecule has 0 atom stereocenters. The minimum atomic E-state index is -0.0608. The van der Waals surface area contributed by atoms with Crippen molar-refractivity contribution in [2.75, 3.05) is 53.1 Å². The van der Waals surface area contributed by atoms with Gasteiger partial charge in [0.1, 0.15) is 0 Å². The van der Waals surface area contributed by atoms with E-state index in [1.54, 1.807) is 7.05 Å². The molecule has 1 aromatic carbocycles. The molecular weight excluding hydrogens is 471 g/mol. The predicted molar refractivity (Wildman–Crippen MR) is 124 cm³/mol. The number of ether oxygens (including phenoxy) is 2. The fraction of sp³-hybridized carbons (Fsp3) is 0.600. The van der Waals surface area contributed by atoms with Crippen molar-refractivity contribution in [2.45, 2.75) is 26.2 Å². The van der Waals surface area contributed by atoms with Crippen LogP contribution < -0.4 is 16.0 Å². The number of amides is 1. The van der Waals surface area contributed by atoms with Gasteiger partial charge in [-0.05, 0) is 18.4 Å². The zero-order valence-electron chi connectivity index (χ0n) is 17.0. The van der Waals surface area contributed by atoms with E-state index in [9.17, 15) is 4.79 Å². The van der Waals surface area contributed by atoms with Gasteiger partial charge in [-0.3, -0.25) is 9.79 Å². The van der Waals surface area contributed by atoms with Crippen LogP contribution in [0.5, 0.6) is 0 Å². The largest absolute Gasteiger partial charge is 0.379 e. The number of rotatable bonds is 14. The quantitative estimate of drug-likeness (QED) is 0.156. The van der Waals surface area contributed by atoms with Gasteiger partial charge in [-0.15, -0.1) is 24.0 Å². The molecule has 0 aliphatic rings. The molecule has 8 heteroatoms. The summed E-state index contributed by atoms with van der Waals surface area (Å²) in [5, 5.41) is 8.99. The predicted octanol–water partition coefficient (Wildman–Crippen LogP) is 1.96. The lowest BCUT2D eigenvalue weighted by Crippen LogP contribution is -2.44. The van der Waals surface area contributed by atoms with Crippen molar-refractivity contribution in [3.8, 4) is 0 Å². The Bertz CT molecular complexity index is 529. The van der Waals surface area contributed by atoms with E-state index in [1.807, 2.05) is 18.2 Å². The highest BCUT2D eigenvalue weighted by Crippen LogP contribution is 1.97. The first-order valence-electron chi connectivity index (χ1n) is 9.67. The second-order valence-electron chi connectivity index (χ2n) is 6.02. The average Bonchev–Trinajstić information content (AvgIpc) is 2.69. The summed E-state index contributed by atoms with van der Waals surface area (Å²) in [4.78, 5) is 16.0. The van der Waals surface area contributed by atoms with Crippen LogP contribution in [0.15, 0.2) is 35.3 Å². The Morgan fingerprint density at radius 1 is 0.964 bits per heavy atom. The molecule has 0 saturated heterocycles. The van der Waals surface area contributed by atoms with Crippen molar-refractivity contribution in [3.05, 3.63) is 35.9 Å². The van der Waals surface area contributed by atoms with Gasteiger partial charge in [0.05, 0.1) is 26.4 Å². The number of unbranched alkanes of at least 4 members (excludes halogenated alkanes) is 1. The number of nitrogens with zero attached hydrogens (tertiary/aromatic N) is 1. The summed E-state index contributed by atoms with van der Waals surface area (Å²) in [6.07, 6.45) is 3.05. The van der Waals surface area contributed by atoms with Crippen LogP contribution in [0, 0.1) is 0 Å². The zero-order chi connectivity index (χ0) is 19.6. The van der Waals surface area contributed by atoms with E-state index >= 15 is 0 Å². The van der Waals surface area contributed by atoms with E-state index in [2.05, 4.69) is 40.0 Å². The minimum Gasteiger partial charge on any atom is -0.379 e. The van der Waals surface area contributed by atoms with Gasteiger partial charge in [0.25, 0.3) is 0 Å². The molecule has 7 nitrogen and oxygen atoms in total. The Morgan fingerprint density at radius 3 is 2.36 bits per heavy atom. The molecule has 0 heterocycles. The smallest absolute Gasteiger partial charge is 0.239 e. The third-order valence-corrected chi connectivity index (χ3v) is 3.77. The van der Waals surface area contributed by atoms with E-state index < -0.39 is 0 Å². The molecular formula is C20H35IN4O3. The Hall–Kier alpha value is -1.39. The summed E-state index contributed by atoms with van der Waals surface area (Å²) < 4.78 is 10.9. The van der Waals surface area contributed by atoms with E-state index in [-0.39, 0.29) is 36.4 Å². The van der Waals surface area contributed by atoms with Gasteiger partial charge in [0.2, 0.25) is 5.91 Å². The van der Waals surface area contributed by atoms with Gasteiger partial charge in [-0.1, -0.05) is 43.7 Å². The van der Waals surface area contributed by atoms with Gasteiger partial charge in [0, 0.05) is 26.7 Å². The van der Waals surface area contributed by atoms with Crippen LogP contribution in [0.2, 0.25) is 0 Å². The summed E-state index contributed by atoms with van der Waals surface area (Å²) in [5.41, 5.74) is 1.21. The number of hydrogen-bond donors (Lipinski definition) is 3. The number of halogens is 1. The van der Waals surface area contributed by atoms with Crippen molar-refractivity contribution in [1.82, 2.24) is 16.0 Å². The topological polar surface area (TPSA) is 84.0 Å². The summed E-state index contributed by atoms with van der Waals surface area (Å²) in [6, 6.07) is 10.1. The number of benzene rings is 1. The van der Waals surface area contributed by atoms with Crippen molar-refractivity contribution in [3.63, 3.8) is 0 Å². The van der Waals surface area contributed by atoms with Gasteiger partial charge >= 0.3 is 0 Å². The minimum absolute atomic E-state index is 0. The molecule has 0 radical (unpaired) electrons. The third kappa shape index (κ3) is 14.6. The highest BCUT2D eigenvalue weighted by atomic mass is 127. The normalized spacial score (nSPS) is 10.9. The number of aliphatic imine (C=N–C) groups is 1. The van der Waals surface area contributed by atoms with Crippen molar-refractivity contribution in [1.29, 1.82) is 0 Å². The Morgan fingerprint density at radius 2 is 1.68 bits per heavy atom. The molecule has 0 bridgehead atoms. The molecule has 1 aromatic rings. The summed E-state index contributed by atoms with van der Waals surface area (Å²) in [7, 11) is 1.67. The van der Waals surface area contributed by atoms with Crippen LogP contribution in [-0.2, 0) is 20.7 Å². The van der Waals surface area contributed by atoms with E-state index in [1.165, 1.54) is 5.56 Å². The van der Waals surface area contributed by atoms with E-state index in [0.717, 1.165) is 25.9 Å². The molecule has 0 aliphatic heterocycles. The fourth-order valence-electron chi connectivity index (χ4n) is 2.25. The molecule has 0 unspecified atom stereocenters. The number of carbonyl (C=O) groups is 1. The van der Waals surface area contributed by atoms with Crippen LogP contribution in [0.4, 0.5) is 0 Å². The van der Waals surface area contributed by atoms with Gasteiger partial charge in [-0.25, -0.2) is 0 Å². The molecule has 0 aliphatic carbocycles. The molecule has 1 amide bonds. The second-order valence-corrected chi connectivity index (χ2v) is 6.02. The van der Waals surface area contributed by atoms with Crippen LogP contribution >= 0.6 is 24.0 Å². The van der Waals surface area contributed by atoms with Crippen LogP contribution in [0.3, 0.4) is 0 Å². The van der Waals surface area contributed by atoms with Crippen molar-refractivity contribution >= 4 is 35.8 Å². The fourth-order valence-corrected chi connectivity index (χ4v) is 2.25. The first-order chi connectivity index (χ1) is 13.3. The van der Waals surface area contributed by atoms with E-state index in [4.69, 9.17) is 9.47 Å². The molecule has 0 fully saturated rings. The molecule has 28 heavy (non-hydrogen) atoms. The highest BCUT2D eigenvalue weighted by Gasteiger charge is 2.03. The molecule has 0 saturated carbocycles. The van der Waals surface area contributed by atoms with Crippen LogP contribution in [0.1, 0.15) is 25.3 Å². The van der Waals surface area contributed by atoms with Crippen molar-refractivity contribution < 1.29 is 14.3 Å². The zero-order valence-corrected chi connectivity index (χ0v) is 19.4. The second kappa shape index (κ2) is 18.9. The average molecular weight is 506 g/mol. The van der Waals surface area contributed by atoms with Crippen LogP contribution in [0.25, 0.3) is 0 Å². The van der Waals surface area contributed by atoms with Crippen LogP contribution in [-0.4, -0.2) is 65.0 Å². The van der Waals surface area contributed by atoms with Gasteiger partial charge in [0.15, 0.2) is 5.96 Å². The Kier molecular flexibility index (Phi) is 18.0. The van der Waals surface area contributed by atoms with Gasteiger partial charge in [-0.2, -0.15) is 0 Å². The third-order valence-electron chi connectivity index (χ3n) is 3.77. The number of guanidine groups is 1. The molecule has 3 N–H and O–H groups in total. The molecule has 0 aromatic heterocycles. The Labute approximate surface area is 186 Å².